The second-order valence-corrected chi connectivity index (χ2v) is 4.10. The number of rotatable bonds is 2. The summed E-state index contributed by atoms with van der Waals surface area (Å²) in [6.07, 6.45) is 2.61. The van der Waals surface area contributed by atoms with Crippen molar-refractivity contribution in [3.05, 3.63) is 41.5 Å². The van der Waals surface area contributed by atoms with Crippen LogP contribution in [-0.2, 0) is 9.63 Å². The number of benzene rings is 1. The van der Waals surface area contributed by atoms with Crippen LogP contribution in [0.2, 0.25) is 0 Å². The maximum Gasteiger partial charge on any atom is 0.270 e. The molecule has 0 bridgehead atoms. The topological polar surface area (TPSA) is 49.8 Å². The standard InChI is InChI=1S/C13H15NO3/c1-10-3-2-4-11(7-10)5-6-13(16)14-8-12(15)9-17-14/h2-7,12,15H,8-9H2,1H3/b6-5+/t12-/m0/s1. The van der Waals surface area contributed by atoms with E-state index >= 15 is 0 Å². The smallest absolute Gasteiger partial charge is 0.270 e. The number of aliphatic hydroxyl groups excluding tert-OH is 1. The van der Waals surface area contributed by atoms with Crippen LogP contribution in [0.1, 0.15) is 11.1 Å². The second kappa shape index (κ2) is 5.12. The van der Waals surface area contributed by atoms with E-state index in [4.69, 9.17) is 4.84 Å². The Labute approximate surface area is 100 Å². The van der Waals surface area contributed by atoms with Crippen molar-refractivity contribution in [3.63, 3.8) is 0 Å². The van der Waals surface area contributed by atoms with Crippen LogP contribution in [0.25, 0.3) is 6.08 Å². The highest BCUT2D eigenvalue weighted by Crippen LogP contribution is 2.09. The van der Waals surface area contributed by atoms with Crippen molar-refractivity contribution in [3.8, 4) is 0 Å². The summed E-state index contributed by atoms with van der Waals surface area (Å²) in [4.78, 5) is 16.7. The van der Waals surface area contributed by atoms with Gasteiger partial charge in [0.05, 0.1) is 6.54 Å². The highest BCUT2D eigenvalue weighted by atomic mass is 16.7. The van der Waals surface area contributed by atoms with Gasteiger partial charge in [-0.25, -0.2) is 5.06 Å². The summed E-state index contributed by atoms with van der Waals surface area (Å²) in [6.45, 7) is 2.42. The highest BCUT2D eigenvalue weighted by Gasteiger charge is 2.24. The van der Waals surface area contributed by atoms with E-state index in [-0.39, 0.29) is 19.1 Å². The average molecular weight is 233 g/mol. The lowest BCUT2D eigenvalue weighted by Crippen LogP contribution is -2.26. The van der Waals surface area contributed by atoms with Gasteiger partial charge in [-0.1, -0.05) is 29.8 Å². The van der Waals surface area contributed by atoms with E-state index in [1.807, 2.05) is 31.2 Å². The second-order valence-electron chi connectivity index (χ2n) is 4.10. The highest BCUT2D eigenvalue weighted by molar-refractivity contribution is 5.91. The number of amides is 1. The molecule has 1 heterocycles. The number of hydroxylamine groups is 2. The molecule has 1 aromatic rings. The van der Waals surface area contributed by atoms with E-state index in [0.717, 1.165) is 11.1 Å². The minimum absolute atomic E-state index is 0.185. The Morgan fingerprint density at radius 1 is 1.59 bits per heavy atom. The van der Waals surface area contributed by atoms with Crippen LogP contribution < -0.4 is 0 Å². The molecule has 17 heavy (non-hydrogen) atoms. The molecule has 0 aromatic heterocycles. The third-order valence-electron chi connectivity index (χ3n) is 2.51. The van der Waals surface area contributed by atoms with Gasteiger partial charge < -0.3 is 5.11 Å². The fourth-order valence-electron chi connectivity index (χ4n) is 1.65. The van der Waals surface area contributed by atoms with Gasteiger partial charge in [0.15, 0.2) is 0 Å². The molecule has 0 saturated carbocycles. The lowest BCUT2D eigenvalue weighted by atomic mass is 10.1. The van der Waals surface area contributed by atoms with E-state index in [1.165, 1.54) is 11.1 Å². The van der Waals surface area contributed by atoms with Crippen LogP contribution in [0.3, 0.4) is 0 Å². The first-order valence-electron chi connectivity index (χ1n) is 5.52. The molecule has 1 aliphatic heterocycles. The molecule has 4 heteroatoms. The normalized spacial score (nSPS) is 20.1. The van der Waals surface area contributed by atoms with Crippen LogP contribution in [0.15, 0.2) is 30.3 Å². The molecule has 0 unspecified atom stereocenters. The fraction of sp³-hybridized carbons (Fsp3) is 0.308. The van der Waals surface area contributed by atoms with Crippen molar-refractivity contribution in [1.29, 1.82) is 0 Å². The summed E-state index contributed by atoms with van der Waals surface area (Å²) >= 11 is 0. The predicted molar refractivity (Wildman–Crippen MR) is 63.9 cm³/mol. The van der Waals surface area contributed by atoms with E-state index in [1.54, 1.807) is 6.08 Å². The third-order valence-corrected chi connectivity index (χ3v) is 2.51. The molecule has 0 aliphatic carbocycles. The van der Waals surface area contributed by atoms with Gasteiger partial charge in [-0.15, -0.1) is 0 Å². The Balaban J connectivity index is 1.98. The maximum atomic E-state index is 11.7. The van der Waals surface area contributed by atoms with Crippen molar-refractivity contribution in [2.75, 3.05) is 13.2 Å². The molecule has 0 radical (unpaired) electrons. The fourth-order valence-corrected chi connectivity index (χ4v) is 1.65. The Morgan fingerprint density at radius 2 is 2.41 bits per heavy atom. The number of aliphatic hydroxyl groups is 1. The number of aryl methyl sites for hydroxylation is 1. The number of hydrogen-bond acceptors (Lipinski definition) is 3. The molecule has 1 fully saturated rings. The van der Waals surface area contributed by atoms with Gasteiger partial charge in [-0.3, -0.25) is 9.63 Å². The number of hydrogen-bond donors (Lipinski definition) is 1. The molecular weight excluding hydrogens is 218 g/mol. The SMILES string of the molecule is Cc1cccc(/C=C/C(=O)N2C[C@H](O)CO2)c1. The molecule has 90 valence electrons. The molecule has 0 spiro atoms. The minimum atomic E-state index is -0.577. The van der Waals surface area contributed by atoms with Gasteiger partial charge >= 0.3 is 0 Å². The van der Waals surface area contributed by atoms with Crippen molar-refractivity contribution >= 4 is 12.0 Å². The molecule has 1 atom stereocenters. The Bertz CT molecular complexity index is 442. The summed E-state index contributed by atoms with van der Waals surface area (Å²) in [5, 5.41) is 10.4. The minimum Gasteiger partial charge on any atom is -0.389 e. The van der Waals surface area contributed by atoms with Crippen LogP contribution in [0.4, 0.5) is 0 Å². The molecule has 1 saturated heterocycles. The number of β-amino-alcohol motifs (C(OH)–C–C–N with tert-alkyl or cyclic N) is 1. The Kier molecular flexibility index (Phi) is 3.56. The van der Waals surface area contributed by atoms with Gasteiger partial charge in [0.1, 0.15) is 12.7 Å². The zero-order valence-electron chi connectivity index (χ0n) is 9.67. The summed E-state index contributed by atoms with van der Waals surface area (Å²) in [5.74, 6) is -0.247. The van der Waals surface area contributed by atoms with Gasteiger partial charge in [-0.05, 0) is 18.6 Å². The summed E-state index contributed by atoms with van der Waals surface area (Å²) in [7, 11) is 0. The van der Waals surface area contributed by atoms with E-state index in [0.29, 0.717) is 0 Å². The summed E-state index contributed by atoms with van der Waals surface area (Å²) in [5.41, 5.74) is 2.12. The molecule has 2 rings (SSSR count). The number of nitrogens with zero attached hydrogens (tertiary/aromatic N) is 1. The maximum absolute atomic E-state index is 11.7. The summed E-state index contributed by atoms with van der Waals surface area (Å²) < 4.78 is 0. The summed E-state index contributed by atoms with van der Waals surface area (Å²) in [6, 6.07) is 7.86. The first-order chi connectivity index (χ1) is 8.15. The monoisotopic (exact) mass is 233 g/mol. The van der Waals surface area contributed by atoms with E-state index in [9.17, 15) is 9.90 Å². The molecular formula is C13H15NO3. The van der Waals surface area contributed by atoms with Crippen LogP contribution in [-0.4, -0.2) is 35.3 Å². The first kappa shape index (κ1) is 11.8. The molecule has 4 nitrogen and oxygen atoms in total. The average Bonchev–Trinajstić information content (AvgIpc) is 2.73. The van der Waals surface area contributed by atoms with Crippen molar-refractivity contribution in [2.24, 2.45) is 0 Å². The van der Waals surface area contributed by atoms with Gasteiger partial charge in [-0.2, -0.15) is 0 Å². The van der Waals surface area contributed by atoms with Crippen molar-refractivity contribution in [1.82, 2.24) is 5.06 Å². The number of carbonyl (C=O) groups excluding carboxylic acids is 1. The molecule has 1 amide bonds. The third kappa shape index (κ3) is 3.15. The van der Waals surface area contributed by atoms with Crippen LogP contribution in [0.5, 0.6) is 0 Å². The van der Waals surface area contributed by atoms with Crippen molar-refractivity contribution in [2.45, 2.75) is 13.0 Å². The van der Waals surface area contributed by atoms with Crippen LogP contribution in [0, 0.1) is 6.92 Å². The first-order valence-corrected chi connectivity index (χ1v) is 5.52. The van der Waals surface area contributed by atoms with Gasteiger partial charge in [0, 0.05) is 6.08 Å². The van der Waals surface area contributed by atoms with E-state index < -0.39 is 6.10 Å². The lowest BCUT2D eigenvalue weighted by Gasteiger charge is -2.10. The quantitative estimate of drug-likeness (QED) is 0.779. The Morgan fingerprint density at radius 3 is 3.06 bits per heavy atom. The molecule has 1 aliphatic rings. The molecule has 1 aromatic carbocycles. The van der Waals surface area contributed by atoms with E-state index in [2.05, 4.69) is 0 Å². The molecule has 1 N–H and O–H groups in total. The Hall–Kier alpha value is -1.65. The zero-order valence-corrected chi connectivity index (χ0v) is 9.67. The zero-order chi connectivity index (χ0) is 12.3. The van der Waals surface area contributed by atoms with Gasteiger partial charge in [0.2, 0.25) is 0 Å². The van der Waals surface area contributed by atoms with Gasteiger partial charge in [0.25, 0.3) is 5.91 Å². The van der Waals surface area contributed by atoms with Crippen molar-refractivity contribution < 1.29 is 14.7 Å². The number of carbonyl (C=O) groups is 1. The predicted octanol–water partition coefficient (Wildman–Crippen LogP) is 1.14. The largest absolute Gasteiger partial charge is 0.389 e. The van der Waals surface area contributed by atoms with Crippen LogP contribution >= 0.6 is 0 Å². The lowest BCUT2D eigenvalue weighted by molar-refractivity contribution is -0.162.